The number of fused-ring (bicyclic) bond motifs is 3. The smallest absolute Gasteiger partial charge is 0.259 e. The Hall–Kier alpha value is -3.13. The van der Waals surface area contributed by atoms with Gasteiger partial charge in [-0.25, -0.2) is 9.89 Å². The van der Waals surface area contributed by atoms with Gasteiger partial charge in [0.1, 0.15) is 17.6 Å². The number of methoxy groups -OCH3 is 1. The number of hydrogen-bond acceptors (Lipinski definition) is 6. The third-order valence-electron chi connectivity index (χ3n) is 5.40. The summed E-state index contributed by atoms with van der Waals surface area (Å²) in [5, 5.41) is 3.02. The van der Waals surface area contributed by atoms with Crippen LogP contribution in [0.15, 0.2) is 58.5 Å². The number of benzene rings is 2. The van der Waals surface area contributed by atoms with E-state index in [0.717, 1.165) is 17.0 Å². The number of anilines is 1. The van der Waals surface area contributed by atoms with Gasteiger partial charge in [-0.2, -0.15) is 0 Å². The van der Waals surface area contributed by atoms with E-state index in [2.05, 4.69) is 5.32 Å². The van der Waals surface area contributed by atoms with Crippen LogP contribution >= 0.6 is 11.8 Å². The lowest BCUT2D eigenvalue weighted by Gasteiger charge is -2.27. The summed E-state index contributed by atoms with van der Waals surface area (Å²) in [5.41, 5.74) is 2.28. The number of thioether (sulfide) groups is 1. The van der Waals surface area contributed by atoms with Crippen molar-refractivity contribution in [2.75, 3.05) is 12.4 Å². The summed E-state index contributed by atoms with van der Waals surface area (Å²) in [5.74, 6) is 1.17. The summed E-state index contributed by atoms with van der Waals surface area (Å²) < 4.78 is 5.17. The third-order valence-corrected chi connectivity index (χ3v) is 6.72. The van der Waals surface area contributed by atoms with E-state index in [1.165, 1.54) is 11.8 Å². The minimum Gasteiger partial charge on any atom is -0.497 e. The van der Waals surface area contributed by atoms with Gasteiger partial charge in [-0.05, 0) is 48.7 Å². The van der Waals surface area contributed by atoms with E-state index in [0.29, 0.717) is 23.1 Å². The van der Waals surface area contributed by atoms with Crippen molar-refractivity contribution >= 4 is 46.0 Å². The van der Waals surface area contributed by atoms with Crippen molar-refractivity contribution in [3.63, 3.8) is 0 Å². The van der Waals surface area contributed by atoms with Crippen molar-refractivity contribution in [3.8, 4) is 5.75 Å². The molecule has 2 aromatic carbocycles. The van der Waals surface area contributed by atoms with E-state index in [-0.39, 0.29) is 17.7 Å². The fourth-order valence-electron chi connectivity index (χ4n) is 3.63. The van der Waals surface area contributed by atoms with E-state index in [4.69, 9.17) is 14.7 Å². The molecule has 0 bridgehead atoms. The molecule has 0 aliphatic carbocycles. The lowest BCUT2D eigenvalue weighted by molar-refractivity contribution is -0.125. The summed E-state index contributed by atoms with van der Waals surface area (Å²) in [7, 11) is 1.60. The van der Waals surface area contributed by atoms with Gasteiger partial charge in [0.15, 0.2) is 5.17 Å². The number of rotatable bonds is 6. The van der Waals surface area contributed by atoms with Crippen molar-refractivity contribution in [2.24, 2.45) is 15.9 Å². The van der Waals surface area contributed by atoms with E-state index >= 15 is 0 Å². The highest BCUT2D eigenvalue weighted by Gasteiger charge is 2.43. The molecule has 8 heteroatoms. The van der Waals surface area contributed by atoms with Gasteiger partial charge in [-0.1, -0.05) is 44.7 Å². The molecule has 166 valence electrons. The normalized spacial score (nSPS) is 18.0. The van der Waals surface area contributed by atoms with E-state index in [9.17, 15) is 9.59 Å². The number of amidine groups is 2. The van der Waals surface area contributed by atoms with E-state index in [1.807, 2.05) is 45.0 Å². The second-order valence-corrected chi connectivity index (χ2v) is 9.13. The zero-order valence-electron chi connectivity index (χ0n) is 18.5. The number of carbonyl (C=O) groups is 2. The Morgan fingerprint density at radius 3 is 2.56 bits per heavy atom. The Morgan fingerprint density at radius 1 is 1.19 bits per heavy atom. The first-order valence-electron chi connectivity index (χ1n) is 10.6. The Morgan fingerprint density at radius 2 is 1.91 bits per heavy atom. The largest absolute Gasteiger partial charge is 0.497 e. The summed E-state index contributed by atoms with van der Waals surface area (Å²) in [6.45, 7) is 5.91. The highest BCUT2D eigenvalue weighted by molar-refractivity contribution is 8.15. The first-order valence-corrected chi connectivity index (χ1v) is 11.5. The first kappa shape index (κ1) is 22.1. The van der Waals surface area contributed by atoms with Crippen molar-refractivity contribution in [1.82, 2.24) is 4.90 Å². The summed E-state index contributed by atoms with van der Waals surface area (Å²) in [6.07, 6.45) is 0.579. The molecule has 4 rings (SSSR count). The minimum absolute atomic E-state index is 0.0688. The molecule has 0 unspecified atom stereocenters. The van der Waals surface area contributed by atoms with Crippen LogP contribution in [0.25, 0.3) is 0 Å². The number of aliphatic imine (C=N–C) groups is 2. The van der Waals surface area contributed by atoms with E-state index in [1.54, 1.807) is 36.3 Å². The van der Waals surface area contributed by atoms with Crippen LogP contribution in [0.5, 0.6) is 5.75 Å². The quantitative estimate of drug-likeness (QED) is 0.704. The van der Waals surface area contributed by atoms with Crippen LogP contribution in [0.1, 0.15) is 32.8 Å². The number of ether oxygens (including phenoxy) is 1. The number of amides is 2. The Labute approximate surface area is 192 Å². The summed E-state index contributed by atoms with van der Waals surface area (Å²) >= 11 is 1.30. The van der Waals surface area contributed by atoms with Gasteiger partial charge in [0.2, 0.25) is 5.91 Å². The number of hydrogen-bond donors (Lipinski definition) is 1. The average molecular weight is 451 g/mol. The maximum Gasteiger partial charge on any atom is 0.259 e. The summed E-state index contributed by atoms with van der Waals surface area (Å²) in [6, 6.07) is 14.4. The standard InChI is InChI=1S/C24H26N4O3S/c1-5-19(22(29)25-15-10-12-16(31-4)13-11-15)32-24-26-18-9-7-6-8-17(18)21-27-20(14(2)3)23(30)28(21)24/h6-14,19-20H,5H2,1-4H3,(H,25,29)/t19-,20+/m0/s1. The van der Waals surface area contributed by atoms with E-state index < -0.39 is 11.3 Å². The maximum atomic E-state index is 13.2. The molecule has 0 saturated heterocycles. The van der Waals surface area contributed by atoms with Gasteiger partial charge >= 0.3 is 0 Å². The molecule has 0 radical (unpaired) electrons. The zero-order chi connectivity index (χ0) is 22.8. The first-order chi connectivity index (χ1) is 15.4. The van der Waals surface area contributed by atoms with Crippen molar-refractivity contribution < 1.29 is 14.3 Å². The molecule has 0 spiro atoms. The highest BCUT2D eigenvalue weighted by atomic mass is 32.2. The second-order valence-electron chi connectivity index (χ2n) is 7.96. The molecule has 2 aliphatic rings. The van der Waals surface area contributed by atoms with Gasteiger partial charge in [0.25, 0.3) is 5.91 Å². The Balaban J connectivity index is 1.60. The van der Waals surface area contributed by atoms with Gasteiger partial charge in [-0.15, -0.1) is 0 Å². The monoisotopic (exact) mass is 450 g/mol. The molecule has 2 amide bonds. The van der Waals surface area contributed by atoms with Crippen LogP contribution in [0.4, 0.5) is 11.4 Å². The number of carbonyl (C=O) groups excluding carboxylic acids is 2. The molecule has 2 aliphatic heterocycles. The predicted molar refractivity (Wildman–Crippen MR) is 129 cm³/mol. The minimum atomic E-state index is -0.449. The van der Waals surface area contributed by atoms with Gasteiger partial charge in [0.05, 0.1) is 18.0 Å². The fraction of sp³-hybridized carbons (Fsp3) is 0.333. The molecule has 0 fully saturated rings. The van der Waals surface area contributed by atoms with Crippen LogP contribution < -0.4 is 10.1 Å². The van der Waals surface area contributed by atoms with Gasteiger partial charge in [-0.3, -0.25) is 14.6 Å². The lowest BCUT2D eigenvalue weighted by Crippen LogP contribution is -2.43. The zero-order valence-corrected chi connectivity index (χ0v) is 19.3. The third kappa shape index (κ3) is 4.14. The molecule has 7 nitrogen and oxygen atoms in total. The second kappa shape index (κ2) is 9.16. The summed E-state index contributed by atoms with van der Waals surface area (Å²) in [4.78, 5) is 37.3. The van der Waals surface area contributed by atoms with Crippen LogP contribution in [0.3, 0.4) is 0 Å². The fourth-order valence-corrected chi connectivity index (χ4v) is 4.65. The molecule has 2 heterocycles. The number of para-hydroxylation sites is 1. The van der Waals surface area contributed by atoms with Crippen molar-refractivity contribution in [1.29, 1.82) is 0 Å². The van der Waals surface area contributed by atoms with Gasteiger partial charge < -0.3 is 10.1 Å². The predicted octanol–water partition coefficient (Wildman–Crippen LogP) is 4.46. The topological polar surface area (TPSA) is 83.4 Å². The van der Waals surface area contributed by atoms with Crippen molar-refractivity contribution in [3.05, 3.63) is 54.1 Å². The maximum absolute atomic E-state index is 13.2. The average Bonchev–Trinajstić information content (AvgIpc) is 3.16. The molecule has 2 aromatic rings. The SMILES string of the molecule is CC[C@H](SC1=Nc2ccccc2C2=N[C@H](C(C)C)C(=O)N12)C(=O)Nc1ccc(OC)cc1. The Bertz CT molecular complexity index is 1090. The molecule has 0 saturated carbocycles. The molecule has 2 atom stereocenters. The number of nitrogens with one attached hydrogen (secondary N) is 1. The van der Waals surface area contributed by atoms with Crippen LogP contribution in [-0.4, -0.2) is 46.1 Å². The van der Waals surface area contributed by atoms with Crippen LogP contribution in [-0.2, 0) is 9.59 Å². The number of nitrogens with zero attached hydrogens (tertiary/aromatic N) is 3. The molecular formula is C24H26N4O3S. The van der Waals surface area contributed by atoms with Crippen LogP contribution in [0.2, 0.25) is 0 Å². The molecular weight excluding hydrogens is 424 g/mol. The van der Waals surface area contributed by atoms with Crippen molar-refractivity contribution in [2.45, 2.75) is 38.5 Å². The van der Waals surface area contributed by atoms with Crippen LogP contribution in [0, 0.1) is 5.92 Å². The van der Waals surface area contributed by atoms with Gasteiger partial charge in [0, 0.05) is 11.3 Å². The lowest BCUT2D eigenvalue weighted by atomic mass is 10.1. The molecule has 32 heavy (non-hydrogen) atoms. The molecule has 0 aromatic heterocycles. The molecule has 1 N–H and O–H groups in total. The highest BCUT2D eigenvalue weighted by Crippen LogP contribution is 2.36. The Kier molecular flexibility index (Phi) is 6.32.